The molecule has 1 heterocycles. The van der Waals surface area contributed by atoms with E-state index in [2.05, 4.69) is 17.6 Å². The Morgan fingerprint density at radius 2 is 2.44 bits per heavy atom. The highest BCUT2D eigenvalue weighted by molar-refractivity contribution is 7.80. The molecule has 0 unspecified atom stereocenters. The molecule has 0 aliphatic carbocycles. The Bertz CT molecular complexity index is 232. The molecule has 0 aliphatic rings. The summed E-state index contributed by atoms with van der Waals surface area (Å²) < 4.78 is 0. The van der Waals surface area contributed by atoms with Crippen LogP contribution in [0, 0.1) is 10.1 Å². The maximum absolute atomic E-state index is 10.0. The van der Waals surface area contributed by atoms with Crippen LogP contribution in [0.1, 0.15) is 0 Å². The van der Waals surface area contributed by atoms with Crippen molar-refractivity contribution >= 4 is 18.4 Å². The highest BCUT2D eigenvalue weighted by Gasteiger charge is 2.07. The first kappa shape index (κ1) is 6.15. The lowest BCUT2D eigenvalue weighted by atomic mass is 10.6. The third-order valence-electron chi connectivity index (χ3n) is 0.886. The number of rotatable bonds is 1. The molecule has 0 radical (unpaired) electrons. The van der Waals surface area contributed by atoms with Gasteiger partial charge in [-0.2, -0.15) is 0 Å². The zero-order valence-corrected chi connectivity index (χ0v) is 5.26. The van der Waals surface area contributed by atoms with Crippen LogP contribution in [0.25, 0.3) is 0 Å². The number of aromatic nitrogens is 1. The van der Waals surface area contributed by atoms with Gasteiger partial charge < -0.3 is 10.1 Å². The number of nitrogens with zero attached hydrogens (tertiary/aromatic N) is 1. The van der Waals surface area contributed by atoms with Gasteiger partial charge in [-0.3, -0.25) is 0 Å². The molecule has 0 aromatic carbocycles. The van der Waals surface area contributed by atoms with Crippen molar-refractivity contribution in [3.05, 3.63) is 22.4 Å². The Hall–Kier alpha value is -0.970. The summed E-state index contributed by atoms with van der Waals surface area (Å²) in [6.45, 7) is 0. The summed E-state index contributed by atoms with van der Waals surface area (Å²) in [5, 5.41) is 10.0. The topological polar surface area (TPSA) is 58.9 Å². The fourth-order valence-corrected chi connectivity index (χ4v) is 0.719. The molecule has 0 aliphatic heterocycles. The van der Waals surface area contributed by atoms with Gasteiger partial charge in [0.1, 0.15) is 4.90 Å². The van der Waals surface area contributed by atoms with E-state index in [0.717, 1.165) is 0 Å². The van der Waals surface area contributed by atoms with Gasteiger partial charge in [0.25, 0.3) is 0 Å². The molecule has 0 saturated heterocycles. The van der Waals surface area contributed by atoms with Crippen molar-refractivity contribution in [2.45, 2.75) is 4.90 Å². The van der Waals surface area contributed by atoms with E-state index in [4.69, 9.17) is 0 Å². The molecule has 1 aromatic rings. The molecule has 0 fully saturated rings. The van der Waals surface area contributed by atoms with Crippen molar-refractivity contribution in [3.8, 4) is 0 Å². The Kier molecular flexibility index (Phi) is 1.44. The van der Waals surface area contributed by atoms with Crippen LogP contribution in [0.4, 0.5) is 5.82 Å². The summed E-state index contributed by atoms with van der Waals surface area (Å²) in [7, 11) is 0. The predicted molar refractivity (Wildman–Crippen MR) is 34.7 cm³/mol. The largest absolute Gasteiger partial charge is 0.358 e. The average molecular weight is 144 g/mol. The fourth-order valence-electron chi connectivity index (χ4n) is 0.499. The van der Waals surface area contributed by atoms with Crippen molar-refractivity contribution in [3.63, 3.8) is 0 Å². The van der Waals surface area contributed by atoms with E-state index >= 15 is 0 Å². The van der Waals surface area contributed by atoms with Crippen molar-refractivity contribution in [1.29, 1.82) is 0 Å². The minimum Gasteiger partial charge on any atom is -0.358 e. The monoisotopic (exact) mass is 144 g/mol. The number of thiol groups is 1. The lowest BCUT2D eigenvalue weighted by Crippen LogP contribution is -1.87. The Labute approximate surface area is 56.4 Å². The van der Waals surface area contributed by atoms with Gasteiger partial charge in [0, 0.05) is 0 Å². The number of H-pyrrole nitrogens is 1. The van der Waals surface area contributed by atoms with Crippen LogP contribution < -0.4 is 0 Å². The van der Waals surface area contributed by atoms with E-state index < -0.39 is 4.92 Å². The van der Waals surface area contributed by atoms with Gasteiger partial charge in [-0.05, 0) is 11.0 Å². The van der Waals surface area contributed by atoms with Gasteiger partial charge in [0.15, 0.2) is 0 Å². The molecule has 0 amide bonds. The first-order valence-corrected chi connectivity index (χ1v) is 2.67. The summed E-state index contributed by atoms with van der Waals surface area (Å²) in [6, 6.07) is 1.53. The standard InChI is InChI=1S/C4H4N2O2S/c7-6(8)4-3(9)1-2-5-4/h1-2,5,9H. The summed E-state index contributed by atoms with van der Waals surface area (Å²) >= 11 is 3.82. The minimum atomic E-state index is -0.512. The normalized spacial score (nSPS) is 9.44. The van der Waals surface area contributed by atoms with Crippen LogP contribution in [0.3, 0.4) is 0 Å². The number of hydrogen-bond donors (Lipinski definition) is 2. The van der Waals surface area contributed by atoms with E-state index in [-0.39, 0.29) is 5.82 Å². The van der Waals surface area contributed by atoms with Gasteiger partial charge in [-0.25, -0.2) is 4.98 Å². The lowest BCUT2D eigenvalue weighted by molar-refractivity contribution is -0.392. The third-order valence-corrected chi connectivity index (χ3v) is 1.25. The molecule has 1 N–H and O–H groups in total. The molecule has 0 atom stereocenters. The molecule has 0 bridgehead atoms. The summed E-state index contributed by atoms with van der Waals surface area (Å²) in [4.78, 5) is 12.3. The second-order valence-corrected chi connectivity index (χ2v) is 1.95. The average Bonchev–Trinajstić information content (AvgIpc) is 2.13. The van der Waals surface area contributed by atoms with Crippen molar-refractivity contribution in [2.24, 2.45) is 0 Å². The Balaban J connectivity index is 3.08. The van der Waals surface area contributed by atoms with Crippen molar-refractivity contribution < 1.29 is 4.92 Å². The van der Waals surface area contributed by atoms with Crippen molar-refractivity contribution in [1.82, 2.24) is 4.98 Å². The van der Waals surface area contributed by atoms with E-state index in [9.17, 15) is 10.1 Å². The Morgan fingerprint density at radius 3 is 2.67 bits per heavy atom. The molecule has 0 saturated carbocycles. The van der Waals surface area contributed by atoms with Crippen LogP contribution in [0.2, 0.25) is 0 Å². The number of nitro groups is 1. The molecule has 1 aromatic heterocycles. The zero-order valence-electron chi connectivity index (χ0n) is 4.37. The van der Waals surface area contributed by atoms with Gasteiger partial charge in [0.2, 0.25) is 0 Å². The van der Waals surface area contributed by atoms with Crippen LogP contribution in [0.15, 0.2) is 17.2 Å². The third kappa shape index (κ3) is 1.05. The highest BCUT2D eigenvalue weighted by Crippen LogP contribution is 2.18. The van der Waals surface area contributed by atoms with Crippen LogP contribution in [-0.4, -0.2) is 9.91 Å². The quantitative estimate of drug-likeness (QED) is 0.353. The molecule has 5 heteroatoms. The first-order chi connectivity index (χ1) is 4.22. The maximum atomic E-state index is 10.0. The summed E-state index contributed by atoms with van der Waals surface area (Å²) in [5.41, 5.74) is 0. The van der Waals surface area contributed by atoms with Crippen LogP contribution in [-0.2, 0) is 0 Å². The maximum Gasteiger partial charge on any atom is 0.334 e. The summed E-state index contributed by atoms with van der Waals surface area (Å²) in [5.74, 6) is -0.0571. The minimum absolute atomic E-state index is 0.0571. The number of aromatic amines is 1. The van der Waals surface area contributed by atoms with Gasteiger partial charge in [-0.1, -0.05) is 0 Å². The number of hydrogen-bond acceptors (Lipinski definition) is 3. The Morgan fingerprint density at radius 1 is 1.78 bits per heavy atom. The lowest BCUT2D eigenvalue weighted by Gasteiger charge is -1.88. The summed E-state index contributed by atoms with van der Waals surface area (Å²) in [6.07, 6.45) is 1.47. The molecule has 9 heavy (non-hydrogen) atoms. The highest BCUT2D eigenvalue weighted by atomic mass is 32.1. The second-order valence-electron chi connectivity index (χ2n) is 1.47. The van der Waals surface area contributed by atoms with Crippen LogP contribution in [0.5, 0.6) is 0 Å². The fraction of sp³-hybridized carbons (Fsp3) is 0. The molecule has 0 spiro atoms. The van der Waals surface area contributed by atoms with E-state index in [1.54, 1.807) is 0 Å². The molecular weight excluding hydrogens is 140 g/mol. The molecular formula is C4H4N2O2S. The van der Waals surface area contributed by atoms with E-state index in [0.29, 0.717) is 4.90 Å². The SMILES string of the molecule is O=[N+]([O-])c1[nH]ccc1S. The van der Waals surface area contributed by atoms with Gasteiger partial charge in [-0.15, -0.1) is 12.6 Å². The van der Waals surface area contributed by atoms with Crippen molar-refractivity contribution in [2.75, 3.05) is 0 Å². The van der Waals surface area contributed by atoms with Crippen LogP contribution >= 0.6 is 12.6 Å². The van der Waals surface area contributed by atoms with E-state index in [1.165, 1.54) is 12.3 Å². The second kappa shape index (κ2) is 2.10. The first-order valence-electron chi connectivity index (χ1n) is 2.22. The number of nitrogens with one attached hydrogen (secondary N) is 1. The van der Waals surface area contributed by atoms with Gasteiger partial charge in [0.05, 0.1) is 6.20 Å². The molecule has 4 nitrogen and oxygen atoms in total. The smallest absolute Gasteiger partial charge is 0.334 e. The zero-order chi connectivity index (χ0) is 6.85. The van der Waals surface area contributed by atoms with E-state index in [1.807, 2.05) is 0 Å². The molecule has 1 rings (SSSR count). The molecule has 48 valence electrons. The van der Waals surface area contributed by atoms with Gasteiger partial charge >= 0.3 is 5.82 Å². The predicted octanol–water partition coefficient (Wildman–Crippen LogP) is 1.21.